The number of para-hydroxylation sites is 2. The molecule has 4 aromatic carbocycles. The molecule has 0 saturated carbocycles. The van der Waals surface area contributed by atoms with Gasteiger partial charge in [0, 0.05) is 23.4 Å². The standard InChI is InChI=1S/C34H21N5.Pt/c1-3-11-29-25(9-1)27-17-15-23(21-31(27)38(29)33-13-5-7-19-35-33)37-24-16-18-28-26-10-2-4-12-30(26)39(32(28)22-24)34-14-6-8-20-36-34;/h1-20,37H;/q-2;+2. The summed E-state index contributed by atoms with van der Waals surface area (Å²) in [5, 5.41) is 8.18. The van der Waals surface area contributed by atoms with E-state index in [2.05, 4.69) is 109 Å². The van der Waals surface area contributed by atoms with Crippen LogP contribution in [0.15, 0.2) is 122 Å². The van der Waals surface area contributed by atoms with Gasteiger partial charge in [0.15, 0.2) is 0 Å². The Bertz CT molecular complexity index is 1990. The molecule has 0 amide bonds. The van der Waals surface area contributed by atoms with Crippen LogP contribution in [0, 0.1) is 12.1 Å². The van der Waals surface area contributed by atoms with Gasteiger partial charge in [0.1, 0.15) is 11.6 Å². The Morgan fingerprint density at radius 1 is 0.475 bits per heavy atom. The summed E-state index contributed by atoms with van der Waals surface area (Å²) in [6.07, 6.45) is 3.64. The summed E-state index contributed by atoms with van der Waals surface area (Å²) in [6, 6.07) is 44.5. The van der Waals surface area contributed by atoms with Crippen LogP contribution in [0.5, 0.6) is 0 Å². The van der Waals surface area contributed by atoms with Gasteiger partial charge in [-0.2, -0.15) is 12.1 Å². The second-order valence-corrected chi connectivity index (χ2v) is 9.47. The van der Waals surface area contributed by atoms with E-state index >= 15 is 0 Å². The number of anilines is 2. The molecule has 6 heteroatoms. The van der Waals surface area contributed by atoms with Gasteiger partial charge in [-0.3, -0.25) is 0 Å². The molecular weight excluding hydrogens is 673 g/mol. The Balaban J connectivity index is 0.00000264. The molecule has 0 atom stereocenters. The Kier molecular flexibility index (Phi) is 5.95. The zero-order valence-corrected chi connectivity index (χ0v) is 23.4. The molecule has 5 nitrogen and oxygen atoms in total. The van der Waals surface area contributed by atoms with Crippen molar-refractivity contribution in [2.24, 2.45) is 0 Å². The van der Waals surface area contributed by atoms with E-state index in [0.717, 1.165) is 55.8 Å². The second-order valence-electron chi connectivity index (χ2n) is 9.47. The van der Waals surface area contributed by atoms with Crippen molar-refractivity contribution in [3.05, 3.63) is 134 Å². The normalized spacial score (nSPS) is 11.3. The van der Waals surface area contributed by atoms with E-state index in [1.54, 1.807) is 0 Å². The number of hydrogen-bond acceptors (Lipinski definition) is 3. The van der Waals surface area contributed by atoms with Gasteiger partial charge in [0.25, 0.3) is 0 Å². The number of pyridine rings is 2. The van der Waals surface area contributed by atoms with E-state index in [1.807, 2.05) is 48.8 Å². The van der Waals surface area contributed by atoms with Crippen LogP contribution in [-0.4, -0.2) is 19.1 Å². The molecule has 0 radical (unpaired) electrons. The minimum Gasteiger partial charge on any atom is -0.401 e. The molecule has 8 aromatic rings. The van der Waals surface area contributed by atoms with Gasteiger partial charge < -0.3 is 14.5 Å². The van der Waals surface area contributed by atoms with Crippen LogP contribution < -0.4 is 5.32 Å². The largest absolute Gasteiger partial charge is 2.00 e. The number of benzene rings is 4. The summed E-state index contributed by atoms with van der Waals surface area (Å²) in [5.74, 6) is 1.73. The summed E-state index contributed by atoms with van der Waals surface area (Å²) in [4.78, 5) is 9.27. The quantitative estimate of drug-likeness (QED) is 0.190. The molecule has 0 spiro atoms. The van der Waals surface area contributed by atoms with Gasteiger partial charge in [-0.1, -0.05) is 70.9 Å². The first-order chi connectivity index (χ1) is 19.3. The minimum absolute atomic E-state index is 0. The van der Waals surface area contributed by atoms with Crippen molar-refractivity contribution in [3.8, 4) is 11.6 Å². The van der Waals surface area contributed by atoms with Crippen molar-refractivity contribution in [3.63, 3.8) is 0 Å². The molecule has 192 valence electrons. The van der Waals surface area contributed by atoms with Crippen LogP contribution in [0.25, 0.3) is 55.2 Å². The predicted octanol–water partition coefficient (Wildman–Crippen LogP) is 8.01. The SMILES string of the molecule is [Pt+2].[c-]1c(Nc2[c-]c3c(cc2)c2ccccc2n3-c2ccccn2)ccc2c3ccccc3n(-c3ccccn3)c12. The fourth-order valence-electron chi connectivity index (χ4n) is 5.52. The third-order valence-corrected chi connectivity index (χ3v) is 7.19. The third kappa shape index (κ3) is 3.82. The van der Waals surface area contributed by atoms with Gasteiger partial charge in [0.2, 0.25) is 0 Å². The molecule has 40 heavy (non-hydrogen) atoms. The summed E-state index contributed by atoms with van der Waals surface area (Å²) < 4.78 is 4.34. The third-order valence-electron chi connectivity index (χ3n) is 7.19. The maximum Gasteiger partial charge on any atom is 2.00 e. The average Bonchev–Trinajstić information content (AvgIpc) is 3.50. The Hall–Kier alpha value is -4.73. The molecule has 4 heterocycles. The molecular formula is C34H21N5Pt. The molecule has 0 aliphatic rings. The van der Waals surface area contributed by atoms with Gasteiger partial charge in [-0.15, -0.1) is 35.0 Å². The monoisotopic (exact) mass is 694 g/mol. The Labute approximate surface area is 245 Å². The summed E-state index contributed by atoms with van der Waals surface area (Å²) in [7, 11) is 0. The van der Waals surface area contributed by atoms with Crippen LogP contribution in [-0.2, 0) is 21.1 Å². The zero-order chi connectivity index (χ0) is 25.8. The number of rotatable bonds is 4. The molecule has 0 aliphatic heterocycles. The molecule has 0 saturated heterocycles. The topological polar surface area (TPSA) is 47.7 Å². The van der Waals surface area contributed by atoms with Crippen molar-refractivity contribution in [2.45, 2.75) is 0 Å². The van der Waals surface area contributed by atoms with Crippen LogP contribution in [0.1, 0.15) is 0 Å². The zero-order valence-electron chi connectivity index (χ0n) is 21.2. The number of nitrogens with zero attached hydrogens (tertiary/aromatic N) is 4. The summed E-state index contributed by atoms with van der Waals surface area (Å²) in [6.45, 7) is 0. The number of fused-ring (bicyclic) bond motifs is 6. The van der Waals surface area contributed by atoms with E-state index < -0.39 is 0 Å². The van der Waals surface area contributed by atoms with E-state index in [4.69, 9.17) is 0 Å². The number of hydrogen-bond donors (Lipinski definition) is 1. The molecule has 1 N–H and O–H groups in total. The van der Waals surface area contributed by atoms with Gasteiger partial charge >= 0.3 is 21.1 Å². The summed E-state index contributed by atoms with van der Waals surface area (Å²) in [5.41, 5.74) is 5.88. The molecule has 4 aromatic heterocycles. The van der Waals surface area contributed by atoms with Crippen molar-refractivity contribution in [1.82, 2.24) is 19.1 Å². The maximum atomic E-state index is 4.64. The fraction of sp³-hybridized carbons (Fsp3) is 0. The Morgan fingerprint density at radius 2 is 0.925 bits per heavy atom. The molecule has 0 unspecified atom stereocenters. The smallest absolute Gasteiger partial charge is 0.401 e. The predicted molar refractivity (Wildman–Crippen MR) is 158 cm³/mol. The van der Waals surface area contributed by atoms with Gasteiger partial charge in [-0.25, -0.2) is 9.97 Å². The van der Waals surface area contributed by atoms with Gasteiger partial charge in [-0.05, 0) is 47.2 Å². The van der Waals surface area contributed by atoms with E-state index in [0.29, 0.717) is 0 Å². The Morgan fingerprint density at radius 3 is 1.38 bits per heavy atom. The minimum atomic E-state index is 0. The molecule has 8 rings (SSSR count). The van der Waals surface area contributed by atoms with E-state index in [-0.39, 0.29) is 21.1 Å². The van der Waals surface area contributed by atoms with Crippen LogP contribution in [0.4, 0.5) is 11.4 Å². The van der Waals surface area contributed by atoms with Crippen LogP contribution in [0.2, 0.25) is 0 Å². The molecule has 0 aliphatic carbocycles. The van der Waals surface area contributed by atoms with Crippen LogP contribution >= 0.6 is 0 Å². The second kappa shape index (κ2) is 9.78. The van der Waals surface area contributed by atoms with Crippen molar-refractivity contribution in [2.75, 3.05) is 5.32 Å². The molecule has 0 fully saturated rings. The maximum absolute atomic E-state index is 4.64. The van der Waals surface area contributed by atoms with Crippen molar-refractivity contribution in [1.29, 1.82) is 0 Å². The number of aromatic nitrogens is 4. The van der Waals surface area contributed by atoms with Crippen molar-refractivity contribution >= 4 is 55.0 Å². The number of nitrogens with one attached hydrogen (secondary N) is 1. The van der Waals surface area contributed by atoms with E-state index in [9.17, 15) is 0 Å². The van der Waals surface area contributed by atoms with Gasteiger partial charge in [0.05, 0.1) is 0 Å². The average molecular weight is 695 g/mol. The van der Waals surface area contributed by atoms with E-state index in [1.165, 1.54) is 10.8 Å². The molecule has 0 bridgehead atoms. The van der Waals surface area contributed by atoms with Crippen LogP contribution in [0.3, 0.4) is 0 Å². The first kappa shape index (κ1) is 24.3. The fourth-order valence-corrected chi connectivity index (χ4v) is 5.52. The van der Waals surface area contributed by atoms with Crippen molar-refractivity contribution < 1.29 is 21.1 Å². The summed E-state index contributed by atoms with van der Waals surface area (Å²) >= 11 is 0. The first-order valence-corrected chi connectivity index (χ1v) is 12.9. The first-order valence-electron chi connectivity index (χ1n) is 12.9.